The van der Waals surface area contributed by atoms with Crippen LogP contribution in [0.1, 0.15) is 13.3 Å². The standard InChI is InChI=1S/C8H15NOS2/c1-6(11)8(10)9(2)7-3-4-12-5-7/h6-7,11H,3-5H2,1-2H3. The third-order valence-corrected chi connectivity index (χ3v) is 3.52. The fourth-order valence-corrected chi connectivity index (χ4v) is 2.75. The molecule has 1 fully saturated rings. The van der Waals surface area contributed by atoms with E-state index in [2.05, 4.69) is 12.6 Å². The van der Waals surface area contributed by atoms with Gasteiger partial charge in [0.15, 0.2) is 0 Å². The molecule has 0 bridgehead atoms. The average molecular weight is 205 g/mol. The molecule has 2 unspecified atom stereocenters. The Labute approximate surface area is 83.5 Å². The van der Waals surface area contributed by atoms with E-state index < -0.39 is 0 Å². The predicted octanol–water partition coefficient (Wildman–Crippen LogP) is 1.27. The zero-order chi connectivity index (χ0) is 9.14. The number of hydrogen-bond acceptors (Lipinski definition) is 3. The van der Waals surface area contributed by atoms with Crippen LogP contribution in [0.5, 0.6) is 0 Å². The highest BCUT2D eigenvalue weighted by Gasteiger charge is 2.25. The maximum Gasteiger partial charge on any atom is 0.235 e. The van der Waals surface area contributed by atoms with E-state index in [9.17, 15) is 4.79 Å². The van der Waals surface area contributed by atoms with Gasteiger partial charge in [-0.3, -0.25) is 4.79 Å². The molecule has 4 heteroatoms. The van der Waals surface area contributed by atoms with Gasteiger partial charge in [-0.25, -0.2) is 0 Å². The third kappa shape index (κ3) is 2.33. The van der Waals surface area contributed by atoms with Crippen molar-refractivity contribution in [3.63, 3.8) is 0 Å². The van der Waals surface area contributed by atoms with Crippen molar-refractivity contribution >= 4 is 30.3 Å². The normalized spacial score (nSPS) is 25.4. The van der Waals surface area contributed by atoms with Crippen LogP contribution in [0.15, 0.2) is 0 Å². The second-order valence-electron chi connectivity index (χ2n) is 3.14. The zero-order valence-corrected chi connectivity index (χ0v) is 9.20. The molecule has 2 nitrogen and oxygen atoms in total. The van der Waals surface area contributed by atoms with E-state index >= 15 is 0 Å². The molecule has 0 spiro atoms. The minimum Gasteiger partial charge on any atom is -0.341 e. The van der Waals surface area contributed by atoms with E-state index in [0.29, 0.717) is 6.04 Å². The van der Waals surface area contributed by atoms with E-state index in [4.69, 9.17) is 0 Å². The van der Waals surface area contributed by atoms with Gasteiger partial charge in [0.2, 0.25) is 5.91 Å². The second kappa shape index (κ2) is 4.42. The zero-order valence-electron chi connectivity index (χ0n) is 7.49. The minimum atomic E-state index is -0.166. The first-order valence-electron chi connectivity index (χ1n) is 4.15. The summed E-state index contributed by atoms with van der Waals surface area (Å²) in [5.74, 6) is 2.41. The molecule has 70 valence electrons. The molecule has 2 atom stereocenters. The van der Waals surface area contributed by atoms with Gasteiger partial charge in [0.05, 0.1) is 5.25 Å². The van der Waals surface area contributed by atoms with E-state index in [1.165, 1.54) is 5.75 Å². The van der Waals surface area contributed by atoms with Gasteiger partial charge in [-0.2, -0.15) is 24.4 Å². The maximum absolute atomic E-state index is 11.5. The molecule has 1 amide bonds. The van der Waals surface area contributed by atoms with Crippen molar-refractivity contribution in [3.05, 3.63) is 0 Å². The van der Waals surface area contributed by atoms with Gasteiger partial charge >= 0.3 is 0 Å². The molecule has 0 aromatic rings. The largest absolute Gasteiger partial charge is 0.341 e. The molecule has 0 aliphatic carbocycles. The summed E-state index contributed by atoms with van der Waals surface area (Å²) in [7, 11) is 1.88. The second-order valence-corrected chi connectivity index (χ2v) is 5.07. The molecule has 0 aromatic carbocycles. The smallest absolute Gasteiger partial charge is 0.235 e. The molecular weight excluding hydrogens is 190 g/mol. The molecule has 1 aliphatic heterocycles. The Hall–Kier alpha value is 0.170. The summed E-state index contributed by atoms with van der Waals surface area (Å²) < 4.78 is 0. The monoisotopic (exact) mass is 205 g/mol. The third-order valence-electron chi connectivity index (χ3n) is 2.16. The lowest BCUT2D eigenvalue weighted by atomic mass is 10.2. The van der Waals surface area contributed by atoms with Gasteiger partial charge in [0, 0.05) is 18.8 Å². The van der Waals surface area contributed by atoms with Crippen molar-refractivity contribution < 1.29 is 4.79 Å². The highest BCUT2D eigenvalue weighted by Crippen LogP contribution is 2.22. The van der Waals surface area contributed by atoms with Gasteiger partial charge in [-0.05, 0) is 19.1 Å². The van der Waals surface area contributed by atoms with Gasteiger partial charge in [0.1, 0.15) is 0 Å². The number of amides is 1. The number of hydrogen-bond donors (Lipinski definition) is 1. The molecular formula is C8H15NOS2. The first kappa shape index (κ1) is 10.3. The number of nitrogens with zero attached hydrogens (tertiary/aromatic N) is 1. The summed E-state index contributed by atoms with van der Waals surface area (Å²) in [6, 6.07) is 0.442. The van der Waals surface area contributed by atoms with Crippen LogP contribution in [0.3, 0.4) is 0 Å². The Morgan fingerprint density at radius 2 is 2.42 bits per heavy atom. The highest BCUT2D eigenvalue weighted by molar-refractivity contribution is 7.99. The van der Waals surface area contributed by atoms with E-state index in [0.717, 1.165) is 12.2 Å². The lowest BCUT2D eigenvalue weighted by molar-refractivity contribution is -0.130. The first-order valence-corrected chi connectivity index (χ1v) is 5.82. The highest BCUT2D eigenvalue weighted by atomic mass is 32.2. The lowest BCUT2D eigenvalue weighted by Gasteiger charge is -2.25. The number of carbonyl (C=O) groups is 1. The first-order chi connectivity index (χ1) is 5.63. The van der Waals surface area contributed by atoms with Crippen LogP contribution >= 0.6 is 24.4 Å². The van der Waals surface area contributed by atoms with E-state index in [1.807, 2.05) is 30.6 Å². The van der Waals surface area contributed by atoms with Crippen molar-refractivity contribution in [3.8, 4) is 0 Å². The Morgan fingerprint density at radius 3 is 2.83 bits per heavy atom. The van der Waals surface area contributed by atoms with Crippen LogP contribution < -0.4 is 0 Å². The molecule has 1 heterocycles. The van der Waals surface area contributed by atoms with E-state index in [-0.39, 0.29) is 11.2 Å². The van der Waals surface area contributed by atoms with Crippen molar-refractivity contribution in [2.75, 3.05) is 18.6 Å². The summed E-state index contributed by atoms with van der Waals surface area (Å²) in [6.45, 7) is 1.82. The van der Waals surface area contributed by atoms with Crippen molar-refractivity contribution in [2.45, 2.75) is 24.6 Å². The Balaban J connectivity index is 2.45. The van der Waals surface area contributed by atoms with Crippen LogP contribution in [0.25, 0.3) is 0 Å². The fourth-order valence-electron chi connectivity index (χ4n) is 1.30. The van der Waals surface area contributed by atoms with E-state index in [1.54, 1.807) is 0 Å². The Kier molecular flexibility index (Phi) is 3.77. The fraction of sp³-hybridized carbons (Fsp3) is 0.875. The van der Waals surface area contributed by atoms with Crippen LogP contribution in [0, 0.1) is 0 Å². The van der Waals surface area contributed by atoms with Crippen LogP contribution in [0.2, 0.25) is 0 Å². The van der Waals surface area contributed by atoms with Crippen molar-refractivity contribution in [1.29, 1.82) is 0 Å². The van der Waals surface area contributed by atoms with Gasteiger partial charge in [-0.1, -0.05) is 0 Å². The molecule has 0 radical (unpaired) electrons. The number of rotatable bonds is 2. The summed E-state index contributed by atoms with van der Waals surface area (Å²) in [4.78, 5) is 13.3. The molecule has 1 saturated heterocycles. The van der Waals surface area contributed by atoms with Gasteiger partial charge in [0.25, 0.3) is 0 Å². The molecule has 0 saturated carbocycles. The Bertz CT molecular complexity index is 166. The molecule has 0 N–H and O–H groups in total. The van der Waals surface area contributed by atoms with Crippen LogP contribution in [0.4, 0.5) is 0 Å². The predicted molar refractivity (Wildman–Crippen MR) is 56.9 cm³/mol. The minimum absolute atomic E-state index is 0.144. The molecule has 1 aliphatic rings. The quantitative estimate of drug-likeness (QED) is 0.685. The molecule has 0 aromatic heterocycles. The number of carbonyl (C=O) groups excluding carboxylic acids is 1. The molecule has 12 heavy (non-hydrogen) atoms. The van der Waals surface area contributed by atoms with Crippen LogP contribution in [-0.4, -0.2) is 40.7 Å². The summed E-state index contributed by atoms with van der Waals surface area (Å²) in [5.41, 5.74) is 0. The van der Waals surface area contributed by atoms with Crippen molar-refractivity contribution in [2.24, 2.45) is 0 Å². The average Bonchev–Trinajstić information content (AvgIpc) is 2.53. The van der Waals surface area contributed by atoms with Crippen molar-refractivity contribution in [1.82, 2.24) is 4.90 Å². The summed E-state index contributed by atoms with van der Waals surface area (Å²) in [5, 5.41) is -0.166. The maximum atomic E-state index is 11.5. The number of thioether (sulfide) groups is 1. The Morgan fingerprint density at radius 1 is 1.75 bits per heavy atom. The van der Waals surface area contributed by atoms with Crippen LogP contribution in [-0.2, 0) is 4.79 Å². The SMILES string of the molecule is CC(S)C(=O)N(C)C1CCSC1. The summed E-state index contributed by atoms with van der Waals surface area (Å²) in [6.07, 6.45) is 1.13. The van der Waals surface area contributed by atoms with Gasteiger partial charge in [-0.15, -0.1) is 0 Å². The lowest BCUT2D eigenvalue weighted by Crippen LogP contribution is -2.40. The number of thiol groups is 1. The summed E-state index contributed by atoms with van der Waals surface area (Å²) >= 11 is 6.05. The topological polar surface area (TPSA) is 20.3 Å². The van der Waals surface area contributed by atoms with Gasteiger partial charge < -0.3 is 4.90 Å². The molecule has 1 rings (SSSR count).